The van der Waals surface area contributed by atoms with Crippen molar-refractivity contribution in [3.05, 3.63) is 11.9 Å². The molecule has 2 aliphatic heterocycles. The van der Waals surface area contributed by atoms with E-state index in [9.17, 15) is 4.79 Å². The van der Waals surface area contributed by atoms with Crippen molar-refractivity contribution in [1.29, 1.82) is 0 Å². The van der Waals surface area contributed by atoms with Crippen molar-refractivity contribution in [2.24, 2.45) is 0 Å². The molecule has 0 radical (unpaired) electrons. The topological polar surface area (TPSA) is 77.0 Å². The number of likely N-dealkylation sites (tertiary alicyclic amines) is 2. The van der Waals surface area contributed by atoms with E-state index < -0.39 is 0 Å². The fraction of sp³-hybridized carbons (Fsp3) is 0.750. The minimum atomic E-state index is -0.250. The SMILES string of the molecule is Cc1c(OC2CCN(C)CC2)ncnc1OC1CCN(C(=O)OC(C)C)CC1. The van der Waals surface area contributed by atoms with Crippen molar-refractivity contribution >= 4 is 6.09 Å². The average Bonchev–Trinajstić information content (AvgIpc) is 2.67. The summed E-state index contributed by atoms with van der Waals surface area (Å²) in [5.74, 6) is 1.18. The van der Waals surface area contributed by atoms with Gasteiger partial charge >= 0.3 is 6.09 Å². The van der Waals surface area contributed by atoms with Gasteiger partial charge < -0.3 is 24.0 Å². The molecule has 0 bridgehead atoms. The third-order valence-electron chi connectivity index (χ3n) is 5.25. The van der Waals surface area contributed by atoms with Gasteiger partial charge in [0.15, 0.2) is 0 Å². The zero-order valence-corrected chi connectivity index (χ0v) is 17.4. The first-order chi connectivity index (χ1) is 13.4. The number of amides is 1. The predicted octanol–water partition coefficient (Wildman–Crippen LogP) is 2.65. The van der Waals surface area contributed by atoms with Crippen molar-refractivity contribution in [1.82, 2.24) is 19.8 Å². The highest BCUT2D eigenvalue weighted by molar-refractivity contribution is 5.67. The first-order valence-corrected chi connectivity index (χ1v) is 10.2. The monoisotopic (exact) mass is 392 g/mol. The van der Waals surface area contributed by atoms with E-state index in [-0.39, 0.29) is 24.4 Å². The van der Waals surface area contributed by atoms with Crippen LogP contribution in [0.3, 0.4) is 0 Å². The Morgan fingerprint density at radius 2 is 1.50 bits per heavy atom. The lowest BCUT2D eigenvalue weighted by molar-refractivity contribution is 0.0503. The molecule has 2 fully saturated rings. The third kappa shape index (κ3) is 5.47. The molecular formula is C20H32N4O4. The van der Waals surface area contributed by atoms with Gasteiger partial charge in [-0.25, -0.2) is 14.8 Å². The summed E-state index contributed by atoms with van der Waals surface area (Å²) in [5, 5.41) is 0. The summed E-state index contributed by atoms with van der Waals surface area (Å²) in [6.45, 7) is 8.98. The van der Waals surface area contributed by atoms with Crippen LogP contribution >= 0.6 is 0 Å². The van der Waals surface area contributed by atoms with E-state index in [0.29, 0.717) is 24.8 Å². The maximum Gasteiger partial charge on any atom is 0.410 e. The molecule has 1 aromatic rings. The quantitative estimate of drug-likeness (QED) is 0.762. The summed E-state index contributed by atoms with van der Waals surface area (Å²) in [6.07, 6.45) is 4.86. The maximum atomic E-state index is 12.0. The summed E-state index contributed by atoms with van der Waals surface area (Å²) >= 11 is 0. The van der Waals surface area contributed by atoms with Gasteiger partial charge in [-0.1, -0.05) is 0 Å². The molecule has 8 nitrogen and oxygen atoms in total. The Morgan fingerprint density at radius 1 is 1.00 bits per heavy atom. The number of aromatic nitrogens is 2. The van der Waals surface area contributed by atoms with Crippen LogP contribution in [0.25, 0.3) is 0 Å². The number of ether oxygens (including phenoxy) is 3. The minimum Gasteiger partial charge on any atom is -0.474 e. The molecule has 3 heterocycles. The molecule has 1 aromatic heterocycles. The van der Waals surface area contributed by atoms with E-state index in [2.05, 4.69) is 21.9 Å². The molecule has 156 valence electrons. The van der Waals surface area contributed by atoms with Crippen molar-refractivity contribution in [2.75, 3.05) is 33.2 Å². The van der Waals surface area contributed by atoms with Crippen LogP contribution in [0, 0.1) is 6.92 Å². The molecule has 0 unspecified atom stereocenters. The lowest BCUT2D eigenvalue weighted by Crippen LogP contribution is -2.42. The Morgan fingerprint density at radius 3 is 2.00 bits per heavy atom. The molecule has 0 aromatic carbocycles. The molecule has 8 heteroatoms. The van der Waals surface area contributed by atoms with Crippen molar-refractivity contribution < 1.29 is 19.0 Å². The summed E-state index contributed by atoms with van der Waals surface area (Å²) in [5.41, 5.74) is 0.836. The molecule has 1 amide bonds. The number of nitrogens with zero attached hydrogens (tertiary/aromatic N) is 4. The van der Waals surface area contributed by atoms with E-state index in [1.165, 1.54) is 6.33 Å². The predicted molar refractivity (Wildman–Crippen MR) is 105 cm³/mol. The zero-order valence-electron chi connectivity index (χ0n) is 17.4. The molecule has 0 spiro atoms. The van der Waals surface area contributed by atoms with Gasteiger partial charge in [0.05, 0.1) is 11.7 Å². The van der Waals surface area contributed by atoms with Gasteiger partial charge in [-0.05, 0) is 40.7 Å². The number of carbonyl (C=O) groups is 1. The first kappa shape index (κ1) is 20.6. The van der Waals surface area contributed by atoms with Crippen molar-refractivity contribution in [2.45, 2.75) is 64.8 Å². The number of hydrogen-bond donors (Lipinski definition) is 0. The summed E-state index contributed by atoms with van der Waals surface area (Å²) < 4.78 is 17.5. The molecule has 0 saturated carbocycles. The van der Waals surface area contributed by atoms with Gasteiger partial charge in [0.25, 0.3) is 0 Å². The third-order valence-corrected chi connectivity index (χ3v) is 5.25. The first-order valence-electron chi connectivity index (χ1n) is 10.2. The minimum absolute atomic E-state index is 0.0212. The van der Waals surface area contributed by atoms with E-state index in [1.54, 1.807) is 4.90 Å². The van der Waals surface area contributed by atoms with Crippen LogP contribution in [-0.2, 0) is 4.74 Å². The maximum absolute atomic E-state index is 12.0. The Bertz CT molecular complexity index is 654. The molecular weight excluding hydrogens is 360 g/mol. The largest absolute Gasteiger partial charge is 0.474 e. The van der Waals surface area contributed by atoms with Gasteiger partial charge in [-0.3, -0.25) is 0 Å². The van der Waals surface area contributed by atoms with E-state index in [4.69, 9.17) is 14.2 Å². The highest BCUT2D eigenvalue weighted by Gasteiger charge is 2.27. The second-order valence-corrected chi connectivity index (χ2v) is 7.97. The van der Waals surface area contributed by atoms with Crippen LogP contribution in [0.1, 0.15) is 45.1 Å². The number of hydrogen-bond acceptors (Lipinski definition) is 7. The fourth-order valence-electron chi connectivity index (χ4n) is 3.51. The molecule has 0 N–H and O–H groups in total. The molecule has 28 heavy (non-hydrogen) atoms. The Labute approximate surface area is 167 Å². The average molecular weight is 393 g/mol. The molecule has 3 rings (SSSR count). The number of rotatable bonds is 5. The van der Waals surface area contributed by atoms with Gasteiger partial charge in [0.1, 0.15) is 18.5 Å². The van der Waals surface area contributed by atoms with Crippen LogP contribution in [0.2, 0.25) is 0 Å². The summed E-state index contributed by atoms with van der Waals surface area (Å²) in [7, 11) is 2.13. The van der Waals surface area contributed by atoms with Crippen molar-refractivity contribution in [3.8, 4) is 11.8 Å². The Balaban J connectivity index is 1.53. The van der Waals surface area contributed by atoms with Crippen molar-refractivity contribution in [3.63, 3.8) is 0 Å². The van der Waals surface area contributed by atoms with Gasteiger partial charge in [0, 0.05) is 39.0 Å². The van der Waals surface area contributed by atoms with Gasteiger partial charge in [-0.15, -0.1) is 0 Å². The van der Waals surface area contributed by atoms with E-state index >= 15 is 0 Å². The van der Waals surface area contributed by atoms with Gasteiger partial charge in [-0.2, -0.15) is 0 Å². The standard InChI is InChI=1S/C20H32N4O4/c1-14(2)26-20(25)24-11-7-17(8-12-24)28-19-15(3)18(21-13-22-19)27-16-5-9-23(4)10-6-16/h13-14,16-17H,5-12H2,1-4H3. The van der Waals surface area contributed by atoms with Crippen LogP contribution in [0.15, 0.2) is 6.33 Å². The smallest absolute Gasteiger partial charge is 0.410 e. The van der Waals surface area contributed by atoms with E-state index in [1.807, 2.05) is 20.8 Å². The van der Waals surface area contributed by atoms with Gasteiger partial charge in [0.2, 0.25) is 11.8 Å². The van der Waals surface area contributed by atoms with Crippen LogP contribution in [0.5, 0.6) is 11.8 Å². The molecule has 2 aliphatic rings. The van der Waals surface area contributed by atoms with Crippen LogP contribution < -0.4 is 9.47 Å². The lowest BCUT2D eigenvalue weighted by Gasteiger charge is -2.32. The van der Waals surface area contributed by atoms with Crippen LogP contribution in [-0.4, -0.2) is 77.4 Å². The second-order valence-electron chi connectivity index (χ2n) is 7.97. The number of piperidine rings is 2. The molecule has 0 atom stereocenters. The second kappa shape index (κ2) is 9.41. The Hall–Kier alpha value is -2.09. The zero-order chi connectivity index (χ0) is 20.1. The summed E-state index contributed by atoms with van der Waals surface area (Å²) in [4.78, 5) is 24.7. The highest BCUT2D eigenvalue weighted by atomic mass is 16.6. The summed E-state index contributed by atoms with van der Waals surface area (Å²) in [6, 6.07) is 0. The highest BCUT2D eigenvalue weighted by Crippen LogP contribution is 2.27. The lowest BCUT2D eigenvalue weighted by atomic mass is 10.1. The normalized spacial score (nSPS) is 19.7. The van der Waals surface area contributed by atoms with E-state index in [0.717, 1.165) is 44.3 Å². The Kier molecular flexibility index (Phi) is 6.93. The fourth-order valence-corrected chi connectivity index (χ4v) is 3.51. The molecule has 2 saturated heterocycles. The van der Waals surface area contributed by atoms with Crippen LogP contribution in [0.4, 0.5) is 4.79 Å². The molecule has 0 aliphatic carbocycles. The number of carbonyl (C=O) groups excluding carboxylic acids is 1.